The number of nitrogens with one attached hydrogen (secondary N) is 1. The minimum absolute atomic E-state index is 0.252. The van der Waals surface area contributed by atoms with Crippen LogP contribution in [0.5, 0.6) is 5.75 Å². The second-order valence-electron chi connectivity index (χ2n) is 5.89. The van der Waals surface area contributed by atoms with E-state index in [1.54, 1.807) is 18.2 Å². The number of aromatic nitrogens is 2. The van der Waals surface area contributed by atoms with Crippen molar-refractivity contribution in [2.24, 2.45) is 0 Å². The zero-order valence-electron chi connectivity index (χ0n) is 15.3. The summed E-state index contributed by atoms with van der Waals surface area (Å²) in [5.41, 5.74) is 2.22. The highest BCUT2D eigenvalue weighted by Gasteiger charge is 2.18. The third kappa shape index (κ3) is 3.20. The number of carbonyl (C=O) groups excluding carboxylic acids is 1. The van der Waals surface area contributed by atoms with Gasteiger partial charge >= 0.3 is 5.63 Å². The number of hydrogen-bond acceptors (Lipinski definition) is 5. The molecule has 0 aliphatic heterocycles. The molecule has 0 aliphatic carbocycles. The van der Waals surface area contributed by atoms with E-state index >= 15 is 0 Å². The first-order valence-corrected chi connectivity index (χ1v) is 8.50. The molecule has 1 N–H and O–H groups in total. The number of fused-ring (bicyclic) bond motifs is 1. The molecule has 1 amide bonds. The smallest absolute Gasteiger partial charge is 0.337 e. The molecule has 0 unspecified atom stereocenters. The van der Waals surface area contributed by atoms with Crippen molar-refractivity contribution in [3.8, 4) is 5.75 Å². The second kappa shape index (κ2) is 7.03. The number of carbonyl (C=O) groups is 1. The van der Waals surface area contributed by atoms with Crippen molar-refractivity contribution in [1.82, 2.24) is 9.78 Å². The highest BCUT2D eigenvalue weighted by atomic mass is 16.5. The average molecular weight is 355 g/mol. The molecular weight excluding hydrogens is 334 g/mol. The molecule has 7 nitrogen and oxygen atoms in total. The minimum Gasteiger partial charge on any atom is -0.494 e. The van der Waals surface area contributed by atoms with Crippen LogP contribution in [0.4, 0.5) is 5.69 Å². The van der Waals surface area contributed by atoms with Gasteiger partial charge in [0.2, 0.25) is 0 Å². The molecule has 2 heterocycles. The van der Waals surface area contributed by atoms with Gasteiger partial charge in [0.05, 0.1) is 29.2 Å². The van der Waals surface area contributed by atoms with Crippen LogP contribution >= 0.6 is 0 Å². The number of nitrogens with zero attached hydrogens (tertiary/aromatic N) is 2. The predicted octanol–water partition coefficient (Wildman–Crippen LogP) is 3.28. The minimum atomic E-state index is -0.589. The fourth-order valence-corrected chi connectivity index (χ4v) is 2.95. The maximum absolute atomic E-state index is 12.8. The first-order chi connectivity index (χ1) is 12.4. The Morgan fingerprint density at radius 3 is 2.69 bits per heavy atom. The van der Waals surface area contributed by atoms with Crippen LogP contribution in [0.2, 0.25) is 0 Å². The summed E-state index contributed by atoms with van der Waals surface area (Å²) in [6.45, 7) is 8.78. The number of benzene rings is 1. The van der Waals surface area contributed by atoms with Crippen LogP contribution in [0, 0.1) is 13.8 Å². The lowest BCUT2D eigenvalue weighted by Crippen LogP contribution is -2.16. The first-order valence-electron chi connectivity index (χ1n) is 8.50. The van der Waals surface area contributed by atoms with Gasteiger partial charge in [-0.15, -0.1) is 0 Å². The molecule has 0 spiro atoms. The number of anilines is 1. The van der Waals surface area contributed by atoms with Crippen molar-refractivity contribution in [1.29, 1.82) is 0 Å². The number of amides is 1. The fourth-order valence-electron chi connectivity index (χ4n) is 2.95. The summed E-state index contributed by atoms with van der Waals surface area (Å²) in [6.07, 6.45) is 0. The predicted molar refractivity (Wildman–Crippen MR) is 99.0 cm³/mol. The Kier molecular flexibility index (Phi) is 4.79. The van der Waals surface area contributed by atoms with Crippen molar-refractivity contribution in [3.63, 3.8) is 0 Å². The topological polar surface area (TPSA) is 86.4 Å². The van der Waals surface area contributed by atoms with E-state index in [-0.39, 0.29) is 11.5 Å². The molecule has 1 aromatic carbocycles. The Morgan fingerprint density at radius 1 is 1.27 bits per heavy atom. The number of hydrogen-bond donors (Lipinski definition) is 1. The molecule has 7 heteroatoms. The van der Waals surface area contributed by atoms with Crippen LogP contribution in [0.15, 0.2) is 33.5 Å². The summed E-state index contributed by atoms with van der Waals surface area (Å²) in [7, 11) is 0. The number of aryl methyl sites for hydroxylation is 2. The monoisotopic (exact) mass is 355 g/mol. The summed E-state index contributed by atoms with van der Waals surface area (Å²) in [5.74, 6) is 0.200. The van der Waals surface area contributed by atoms with E-state index in [0.717, 1.165) is 11.4 Å². The lowest BCUT2D eigenvalue weighted by molar-refractivity contribution is 0.102. The summed E-state index contributed by atoms with van der Waals surface area (Å²) in [6, 6.07) is 6.27. The van der Waals surface area contributed by atoms with Crippen molar-refractivity contribution < 1.29 is 13.9 Å². The van der Waals surface area contributed by atoms with E-state index in [9.17, 15) is 9.59 Å². The van der Waals surface area contributed by atoms with E-state index in [1.807, 2.05) is 32.4 Å². The molecule has 0 radical (unpaired) electrons. The molecule has 0 saturated carbocycles. The fraction of sp³-hybridized carbons (Fsp3) is 0.316. The van der Waals surface area contributed by atoms with Crippen molar-refractivity contribution in [3.05, 3.63) is 51.6 Å². The van der Waals surface area contributed by atoms with E-state index in [2.05, 4.69) is 10.4 Å². The molecule has 0 aliphatic rings. The first kappa shape index (κ1) is 17.7. The van der Waals surface area contributed by atoms with E-state index < -0.39 is 5.63 Å². The van der Waals surface area contributed by atoms with Crippen molar-refractivity contribution in [2.45, 2.75) is 34.2 Å². The van der Waals surface area contributed by atoms with Gasteiger partial charge in [0.15, 0.2) is 0 Å². The zero-order chi connectivity index (χ0) is 18.8. The highest BCUT2D eigenvalue weighted by Crippen LogP contribution is 2.25. The van der Waals surface area contributed by atoms with Crippen LogP contribution in [-0.2, 0) is 6.54 Å². The SMILES string of the molecule is CCOc1ccc2c(C(=O)Nc3c(C)nn(CC)c3C)cc(=O)oc2c1. The Hall–Kier alpha value is -3.09. The molecule has 0 fully saturated rings. The molecule has 0 atom stereocenters. The molecule has 0 bridgehead atoms. The van der Waals surface area contributed by atoms with Gasteiger partial charge in [-0.05, 0) is 39.8 Å². The lowest BCUT2D eigenvalue weighted by Gasteiger charge is -2.09. The van der Waals surface area contributed by atoms with Gasteiger partial charge in [0, 0.05) is 24.1 Å². The lowest BCUT2D eigenvalue weighted by atomic mass is 10.1. The number of rotatable bonds is 5. The Balaban J connectivity index is 2.03. The average Bonchev–Trinajstić information content (AvgIpc) is 2.88. The highest BCUT2D eigenvalue weighted by molar-refractivity contribution is 6.12. The summed E-state index contributed by atoms with van der Waals surface area (Å²) >= 11 is 0. The quantitative estimate of drug-likeness (QED) is 0.710. The van der Waals surface area contributed by atoms with Gasteiger partial charge in [-0.2, -0.15) is 5.10 Å². The van der Waals surface area contributed by atoms with Gasteiger partial charge in [-0.25, -0.2) is 4.79 Å². The van der Waals surface area contributed by atoms with E-state index in [0.29, 0.717) is 35.6 Å². The van der Waals surface area contributed by atoms with Crippen LogP contribution in [0.25, 0.3) is 11.0 Å². The van der Waals surface area contributed by atoms with E-state index in [4.69, 9.17) is 9.15 Å². The van der Waals surface area contributed by atoms with Crippen LogP contribution in [0.1, 0.15) is 35.6 Å². The zero-order valence-corrected chi connectivity index (χ0v) is 15.3. The van der Waals surface area contributed by atoms with Gasteiger partial charge in [-0.3, -0.25) is 9.48 Å². The largest absolute Gasteiger partial charge is 0.494 e. The Labute approximate surface area is 150 Å². The van der Waals surface area contributed by atoms with Gasteiger partial charge < -0.3 is 14.5 Å². The summed E-state index contributed by atoms with van der Waals surface area (Å²) < 4.78 is 12.5. The molecule has 3 rings (SSSR count). The second-order valence-corrected chi connectivity index (χ2v) is 5.89. The third-order valence-corrected chi connectivity index (χ3v) is 4.19. The van der Waals surface area contributed by atoms with Crippen LogP contribution in [0.3, 0.4) is 0 Å². The van der Waals surface area contributed by atoms with Crippen molar-refractivity contribution in [2.75, 3.05) is 11.9 Å². The molecule has 2 aromatic heterocycles. The Bertz CT molecular complexity index is 1030. The molecule has 26 heavy (non-hydrogen) atoms. The molecule has 0 saturated heterocycles. The van der Waals surface area contributed by atoms with Crippen LogP contribution < -0.4 is 15.7 Å². The standard InChI is InChI=1S/C19H21N3O4/c1-5-22-12(4)18(11(3)21-22)20-19(24)15-10-17(23)26-16-9-13(25-6-2)7-8-14(15)16/h7-10H,5-6H2,1-4H3,(H,20,24). The maximum Gasteiger partial charge on any atom is 0.337 e. The summed E-state index contributed by atoms with van der Waals surface area (Å²) in [5, 5.41) is 7.81. The molecule has 3 aromatic rings. The molecular formula is C19H21N3O4. The maximum atomic E-state index is 12.8. The van der Waals surface area contributed by atoms with Crippen molar-refractivity contribution >= 4 is 22.6 Å². The summed E-state index contributed by atoms with van der Waals surface area (Å²) in [4.78, 5) is 24.7. The van der Waals surface area contributed by atoms with Gasteiger partial charge in [0.1, 0.15) is 11.3 Å². The normalized spacial score (nSPS) is 10.9. The molecule has 136 valence electrons. The van der Waals surface area contributed by atoms with Gasteiger partial charge in [0.25, 0.3) is 5.91 Å². The van der Waals surface area contributed by atoms with Crippen LogP contribution in [-0.4, -0.2) is 22.3 Å². The number of ether oxygens (including phenoxy) is 1. The third-order valence-electron chi connectivity index (χ3n) is 4.19. The van der Waals surface area contributed by atoms with Gasteiger partial charge in [-0.1, -0.05) is 0 Å². The van der Waals surface area contributed by atoms with E-state index in [1.165, 1.54) is 6.07 Å². The Morgan fingerprint density at radius 2 is 2.04 bits per heavy atom.